The molecule has 0 aromatic heterocycles. The van der Waals surface area contributed by atoms with Gasteiger partial charge < -0.3 is 20.1 Å². The van der Waals surface area contributed by atoms with Gasteiger partial charge in [-0.15, -0.1) is 0 Å². The summed E-state index contributed by atoms with van der Waals surface area (Å²) in [5.41, 5.74) is 3.64. The number of ether oxygens (including phenoxy) is 2. The number of hydrogen-bond donors (Lipinski definition) is 2. The van der Waals surface area contributed by atoms with Gasteiger partial charge in [-0.25, -0.2) is 0 Å². The van der Waals surface area contributed by atoms with Gasteiger partial charge in [-0.3, -0.25) is 4.79 Å². The fourth-order valence-corrected chi connectivity index (χ4v) is 2.68. The molecule has 1 aliphatic rings. The zero-order chi connectivity index (χ0) is 17.1. The van der Waals surface area contributed by atoms with Crippen LogP contribution in [0.5, 0.6) is 11.5 Å². The Kier molecular flexibility index (Phi) is 4.81. The van der Waals surface area contributed by atoms with Gasteiger partial charge in [0.1, 0.15) is 13.2 Å². The number of fused-ring (bicyclic) bond motifs is 1. The van der Waals surface area contributed by atoms with Crippen LogP contribution in [-0.4, -0.2) is 25.7 Å². The number of carbonyl (C=O) groups excluding carboxylic acids is 1. The predicted molar refractivity (Wildman–Crippen MR) is 95.5 cm³/mol. The van der Waals surface area contributed by atoms with Crippen LogP contribution >= 0.6 is 11.6 Å². The second-order valence-electron chi connectivity index (χ2n) is 5.62. The maximum atomic E-state index is 12.2. The minimum Gasteiger partial charge on any atom is -0.486 e. The molecule has 5 nitrogen and oxygen atoms in total. The number of hydrogen-bond acceptors (Lipinski definition) is 4. The van der Waals surface area contributed by atoms with Crippen LogP contribution in [-0.2, 0) is 4.79 Å². The summed E-state index contributed by atoms with van der Waals surface area (Å²) in [6.07, 6.45) is 0. The van der Waals surface area contributed by atoms with Gasteiger partial charge in [0.25, 0.3) is 0 Å². The van der Waals surface area contributed by atoms with Crippen molar-refractivity contribution >= 4 is 28.9 Å². The highest BCUT2D eigenvalue weighted by molar-refractivity contribution is 6.33. The van der Waals surface area contributed by atoms with E-state index in [1.54, 1.807) is 12.1 Å². The van der Waals surface area contributed by atoms with E-state index in [-0.39, 0.29) is 12.5 Å². The Labute approximate surface area is 145 Å². The highest BCUT2D eigenvalue weighted by Gasteiger charge is 2.15. The summed E-state index contributed by atoms with van der Waals surface area (Å²) >= 11 is 6.22. The molecule has 1 heterocycles. The van der Waals surface area contributed by atoms with Gasteiger partial charge in [0.2, 0.25) is 5.91 Å². The largest absolute Gasteiger partial charge is 0.486 e. The first kappa shape index (κ1) is 16.5. The molecule has 1 amide bonds. The Morgan fingerprint density at radius 3 is 2.58 bits per heavy atom. The first-order chi connectivity index (χ1) is 11.5. The first-order valence-electron chi connectivity index (χ1n) is 7.73. The molecule has 126 valence electrons. The van der Waals surface area contributed by atoms with Crippen molar-refractivity contribution in [1.29, 1.82) is 0 Å². The molecule has 2 aromatic rings. The fourth-order valence-electron chi connectivity index (χ4n) is 2.46. The minimum absolute atomic E-state index is 0.104. The molecule has 24 heavy (non-hydrogen) atoms. The molecule has 0 unspecified atom stereocenters. The Bertz CT molecular complexity index is 777. The molecule has 0 atom stereocenters. The van der Waals surface area contributed by atoms with Crippen molar-refractivity contribution < 1.29 is 14.3 Å². The normalized spacial score (nSPS) is 12.6. The lowest BCUT2D eigenvalue weighted by Gasteiger charge is -2.20. The number of benzene rings is 2. The smallest absolute Gasteiger partial charge is 0.243 e. The molecule has 1 aliphatic heterocycles. The third-order valence-corrected chi connectivity index (χ3v) is 4.26. The molecule has 0 aliphatic carbocycles. The van der Waals surface area contributed by atoms with E-state index >= 15 is 0 Å². The average Bonchev–Trinajstić information content (AvgIpc) is 2.57. The van der Waals surface area contributed by atoms with E-state index in [2.05, 4.69) is 10.6 Å². The third kappa shape index (κ3) is 3.57. The van der Waals surface area contributed by atoms with Gasteiger partial charge in [-0.05, 0) is 31.0 Å². The number of amides is 1. The van der Waals surface area contributed by atoms with Crippen LogP contribution < -0.4 is 20.1 Å². The Hall–Kier alpha value is -2.40. The topological polar surface area (TPSA) is 59.6 Å². The van der Waals surface area contributed by atoms with Gasteiger partial charge in [-0.2, -0.15) is 0 Å². The highest BCUT2D eigenvalue weighted by atomic mass is 35.5. The maximum absolute atomic E-state index is 12.2. The summed E-state index contributed by atoms with van der Waals surface area (Å²) in [6.45, 7) is 5.11. The zero-order valence-corrected chi connectivity index (χ0v) is 14.4. The van der Waals surface area contributed by atoms with Crippen molar-refractivity contribution in [2.45, 2.75) is 13.8 Å². The molecule has 0 fully saturated rings. The van der Waals surface area contributed by atoms with E-state index in [1.165, 1.54) is 0 Å². The predicted octanol–water partition coefficient (Wildman–Crippen LogP) is 3.78. The van der Waals surface area contributed by atoms with Crippen LogP contribution in [0.2, 0.25) is 5.02 Å². The van der Waals surface area contributed by atoms with Crippen LogP contribution in [0.3, 0.4) is 0 Å². The van der Waals surface area contributed by atoms with Gasteiger partial charge >= 0.3 is 0 Å². The highest BCUT2D eigenvalue weighted by Crippen LogP contribution is 2.37. The van der Waals surface area contributed by atoms with E-state index in [0.717, 1.165) is 16.8 Å². The van der Waals surface area contributed by atoms with E-state index < -0.39 is 0 Å². The maximum Gasteiger partial charge on any atom is 0.243 e. The Morgan fingerprint density at radius 1 is 1.12 bits per heavy atom. The fraction of sp³-hybridized carbons (Fsp3) is 0.278. The summed E-state index contributed by atoms with van der Waals surface area (Å²) < 4.78 is 11.0. The van der Waals surface area contributed by atoms with Crippen molar-refractivity contribution in [3.05, 3.63) is 46.5 Å². The van der Waals surface area contributed by atoms with E-state index in [9.17, 15) is 4.79 Å². The number of nitrogens with one attached hydrogen (secondary N) is 2. The van der Waals surface area contributed by atoms with Crippen LogP contribution in [0.25, 0.3) is 0 Å². The van der Waals surface area contributed by atoms with Crippen molar-refractivity contribution in [3.8, 4) is 11.5 Å². The molecular formula is C18H19ClN2O3. The lowest BCUT2D eigenvalue weighted by molar-refractivity contribution is -0.114. The molecule has 6 heteroatoms. The molecule has 0 saturated heterocycles. The van der Waals surface area contributed by atoms with Gasteiger partial charge in [0.15, 0.2) is 11.5 Å². The van der Waals surface area contributed by atoms with Crippen molar-refractivity contribution in [2.75, 3.05) is 30.4 Å². The summed E-state index contributed by atoms with van der Waals surface area (Å²) in [5.74, 6) is 1.11. The molecule has 0 saturated carbocycles. The van der Waals surface area contributed by atoms with Gasteiger partial charge in [-0.1, -0.05) is 23.7 Å². The summed E-state index contributed by atoms with van der Waals surface area (Å²) in [4.78, 5) is 12.2. The second kappa shape index (κ2) is 7.01. The SMILES string of the molecule is Cc1cccc(NC(=O)CNc2cc3c(cc2Cl)OCCO3)c1C. The summed E-state index contributed by atoms with van der Waals surface area (Å²) in [7, 11) is 0. The molecule has 3 rings (SSSR count). The van der Waals surface area contributed by atoms with Crippen molar-refractivity contribution in [1.82, 2.24) is 0 Å². The Morgan fingerprint density at radius 2 is 1.83 bits per heavy atom. The van der Waals surface area contributed by atoms with Crippen LogP contribution in [0.15, 0.2) is 30.3 Å². The van der Waals surface area contributed by atoms with E-state index in [1.807, 2.05) is 32.0 Å². The molecule has 0 bridgehead atoms. The second-order valence-corrected chi connectivity index (χ2v) is 6.03. The zero-order valence-electron chi connectivity index (χ0n) is 13.6. The summed E-state index contributed by atoms with van der Waals surface area (Å²) in [6, 6.07) is 9.27. The third-order valence-electron chi connectivity index (χ3n) is 3.95. The van der Waals surface area contributed by atoms with Gasteiger partial charge in [0.05, 0.1) is 17.3 Å². The monoisotopic (exact) mass is 346 g/mol. The standard InChI is InChI=1S/C18H19ClN2O3/c1-11-4-3-5-14(12(11)2)21-18(22)10-20-15-9-17-16(8-13(15)19)23-6-7-24-17/h3-5,8-9,20H,6-7,10H2,1-2H3,(H,21,22). The summed E-state index contributed by atoms with van der Waals surface area (Å²) in [5, 5.41) is 6.43. The lowest BCUT2D eigenvalue weighted by atomic mass is 10.1. The number of carbonyl (C=O) groups is 1. The average molecular weight is 347 g/mol. The minimum atomic E-state index is -0.144. The molecule has 0 radical (unpaired) electrons. The van der Waals surface area contributed by atoms with E-state index in [4.69, 9.17) is 21.1 Å². The van der Waals surface area contributed by atoms with Crippen molar-refractivity contribution in [2.24, 2.45) is 0 Å². The quantitative estimate of drug-likeness (QED) is 0.884. The molecule has 2 N–H and O–H groups in total. The number of aryl methyl sites for hydroxylation is 1. The number of halogens is 1. The lowest BCUT2D eigenvalue weighted by Crippen LogP contribution is -2.22. The number of rotatable bonds is 4. The molecule has 0 spiro atoms. The first-order valence-corrected chi connectivity index (χ1v) is 8.11. The number of anilines is 2. The van der Waals surface area contributed by atoms with Crippen molar-refractivity contribution in [3.63, 3.8) is 0 Å². The Balaban J connectivity index is 1.65. The molecular weight excluding hydrogens is 328 g/mol. The van der Waals surface area contributed by atoms with E-state index in [0.29, 0.717) is 35.4 Å². The van der Waals surface area contributed by atoms with Crippen LogP contribution in [0.1, 0.15) is 11.1 Å². The molecule has 2 aromatic carbocycles. The van der Waals surface area contributed by atoms with Crippen LogP contribution in [0.4, 0.5) is 11.4 Å². The van der Waals surface area contributed by atoms with Crippen LogP contribution in [0, 0.1) is 13.8 Å². The van der Waals surface area contributed by atoms with Gasteiger partial charge in [0, 0.05) is 17.8 Å².